The number of nitrogens with zero attached hydrogens (tertiary/aromatic N) is 1. The molecule has 0 saturated heterocycles. The Morgan fingerprint density at radius 1 is 1.15 bits per heavy atom. The minimum absolute atomic E-state index is 0.0114. The van der Waals surface area contributed by atoms with Crippen molar-refractivity contribution < 1.29 is 19.4 Å². The quantitative estimate of drug-likeness (QED) is 0.760. The molecular formula is C20H24N2O4. The van der Waals surface area contributed by atoms with Crippen LogP contribution in [0.2, 0.25) is 0 Å². The van der Waals surface area contributed by atoms with Gasteiger partial charge in [0.1, 0.15) is 12.3 Å². The number of ether oxygens (including phenoxy) is 1. The van der Waals surface area contributed by atoms with Gasteiger partial charge in [0.05, 0.1) is 13.7 Å². The van der Waals surface area contributed by atoms with Crippen molar-refractivity contribution in [3.05, 3.63) is 54.1 Å². The smallest absolute Gasteiger partial charge is 0.322 e. The number of para-hydroxylation sites is 1. The maximum atomic E-state index is 11.8. The molecule has 6 heteroatoms. The molecule has 0 heterocycles. The molecule has 6 nitrogen and oxygen atoms in total. The highest BCUT2D eigenvalue weighted by molar-refractivity contribution is 5.82. The Morgan fingerprint density at radius 3 is 2.42 bits per heavy atom. The summed E-state index contributed by atoms with van der Waals surface area (Å²) in [5.41, 5.74) is 3.15. The van der Waals surface area contributed by atoms with E-state index in [-0.39, 0.29) is 25.0 Å². The average molecular weight is 356 g/mol. The summed E-state index contributed by atoms with van der Waals surface area (Å²) >= 11 is 0. The molecule has 0 radical (unpaired) electrons. The highest BCUT2D eigenvalue weighted by atomic mass is 16.5. The van der Waals surface area contributed by atoms with Gasteiger partial charge in [-0.25, -0.2) is 0 Å². The van der Waals surface area contributed by atoms with Gasteiger partial charge >= 0.3 is 5.97 Å². The van der Waals surface area contributed by atoms with E-state index in [2.05, 4.69) is 5.32 Å². The maximum Gasteiger partial charge on any atom is 0.322 e. The Kier molecular flexibility index (Phi) is 6.74. The number of amides is 1. The molecular weight excluding hydrogens is 332 g/mol. The minimum Gasteiger partial charge on any atom is -0.496 e. The molecule has 2 rings (SSSR count). The monoisotopic (exact) mass is 356 g/mol. The van der Waals surface area contributed by atoms with Gasteiger partial charge in [-0.3, -0.25) is 14.5 Å². The Hall–Kier alpha value is -2.86. The highest BCUT2D eigenvalue weighted by Crippen LogP contribution is 2.30. The van der Waals surface area contributed by atoms with Gasteiger partial charge in [0.25, 0.3) is 0 Å². The molecule has 0 fully saturated rings. The van der Waals surface area contributed by atoms with Crippen LogP contribution >= 0.6 is 0 Å². The number of likely N-dealkylation sites (N-methyl/N-ethyl adjacent to an activating group) is 1. The van der Waals surface area contributed by atoms with E-state index in [9.17, 15) is 9.59 Å². The molecule has 0 aliphatic heterocycles. The number of rotatable bonds is 8. The fraction of sp³-hybridized carbons (Fsp3) is 0.300. The van der Waals surface area contributed by atoms with E-state index in [1.165, 1.54) is 0 Å². The van der Waals surface area contributed by atoms with E-state index in [0.717, 1.165) is 22.4 Å². The predicted molar refractivity (Wildman–Crippen MR) is 100 cm³/mol. The molecule has 0 aliphatic rings. The van der Waals surface area contributed by atoms with Gasteiger partial charge in [0.2, 0.25) is 5.91 Å². The first-order valence-corrected chi connectivity index (χ1v) is 8.34. The maximum absolute atomic E-state index is 11.8. The van der Waals surface area contributed by atoms with Gasteiger partial charge in [0.15, 0.2) is 0 Å². The summed E-state index contributed by atoms with van der Waals surface area (Å²) in [7, 11) is 3.48. The van der Waals surface area contributed by atoms with E-state index in [1.54, 1.807) is 7.11 Å². The number of carbonyl (C=O) groups excluding carboxylic acids is 1. The Morgan fingerprint density at radius 2 is 1.81 bits per heavy atom. The van der Waals surface area contributed by atoms with Crippen molar-refractivity contribution in [3.63, 3.8) is 0 Å². The molecule has 1 amide bonds. The molecule has 26 heavy (non-hydrogen) atoms. The zero-order valence-electron chi connectivity index (χ0n) is 15.2. The molecule has 2 aromatic rings. The lowest BCUT2D eigenvalue weighted by Gasteiger charge is -2.24. The first-order valence-electron chi connectivity index (χ1n) is 8.34. The summed E-state index contributed by atoms with van der Waals surface area (Å²) in [5, 5.41) is 11.0. The second-order valence-electron chi connectivity index (χ2n) is 6.08. The minimum atomic E-state index is -1.05. The third kappa shape index (κ3) is 5.07. The van der Waals surface area contributed by atoms with Crippen LogP contribution in [-0.2, 0) is 9.59 Å². The lowest BCUT2D eigenvalue weighted by Crippen LogP contribution is -2.38. The molecule has 0 bridgehead atoms. The Bertz CT molecular complexity index is 759. The normalized spacial score (nSPS) is 11.8. The lowest BCUT2D eigenvalue weighted by atomic mass is 10.00. The topological polar surface area (TPSA) is 78.9 Å². The standard InChI is InChI=1S/C20H24N2O4/c1-14(22(2)13-19(23)21-12-20(24)25)15-8-10-16(11-9-15)17-6-4-5-7-18(17)26-3/h4-11,14H,12-13H2,1-3H3,(H,21,23)(H,24,25). The first-order chi connectivity index (χ1) is 12.4. The number of carbonyl (C=O) groups is 2. The summed E-state index contributed by atoms with van der Waals surface area (Å²) in [6.45, 7) is 1.76. The summed E-state index contributed by atoms with van der Waals surface area (Å²) in [6.07, 6.45) is 0. The van der Waals surface area contributed by atoms with Crippen molar-refractivity contribution in [2.24, 2.45) is 0 Å². The van der Waals surface area contributed by atoms with E-state index in [1.807, 2.05) is 67.4 Å². The molecule has 1 unspecified atom stereocenters. The number of benzene rings is 2. The van der Waals surface area contributed by atoms with Gasteiger partial charge < -0.3 is 15.2 Å². The van der Waals surface area contributed by atoms with Crippen LogP contribution < -0.4 is 10.1 Å². The largest absolute Gasteiger partial charge is 0.496 e. The summed E-state index contributed by atoms with van der Waals surface area (Å²) in [6, 6.07) is 16.0. The van der Waals surface area contributed by atoms with Crippen molar-refractivity contribution in [3.8, 4) is 16.9 Å². The van der Waals surface area contributed by atoms with Gasteiger partial charge in [-0.2, -0.15) is 0 Å². The second kappa shape index (κ2) is 9.01. The van der Waals surface area contributed by atoms with Gasteiger partial charge in [-0.05, 0) is 31.2 Å². The first kappa shape index (κ1) is 19.5. The zero-order chi connectivity index (χ0) is 19.1. The van der Waals surface area contributed by atoms with Crippen molar-refractivity contribution >= 4 is 11.9 Å². The second-order valence-corrected chi connectivity index (χ2v) is 6.08. The van der Waals surface area contributed by atoms with Crippen LogP contribution in [0.1, 0.15) is 18.5 Å². The van der Waals surface area contributed by atoms with Gasteiger partial charge in [-0.15, -0.1) is 0 Å². The van der Waals surface area contributed by atoms with E-state index in [0.29, 0.717) is 0 Å². The fourth-order valence-corrected chi connectivity index (χ4v) is 2.67. The molecule has 2 N–H and O–H groups in total. The molecule has 138 valence electrons. The lowest BCUT2D eigenvalue weighted by molar-refractivity contribution is -0.138. The van der Waals surface area contributed by atoms with Crippen molar-refractivity contribution in [2.75, 3.05) is 27.2 Å². The third-order valence-electron chi connectivity index (χ3n) is 4.30. The summed E-state index contributed by atoms with van der Waals surface area (Å²) in [4.78, 5) is 24.1. The third-order valence-corrected chi connectivity index (χ3v) is 4.30. The molecule has 0 spiro atoms. The molecule has 0 saturated carbocycles. The van der Waals surface area contributed by atoms with Crippen LogP contribution in [0.5, 0.6) is 5.75 Å². The predicted octanol–water partition coefficient (Wildman–Crippen LogP) is 2.56. The van der Waals surface area contributed by atoms with Crippen molar-refractivity contribution in [1.82, 2.24) is 10.2 Å². The van der Waals surface area contributed by atoms with Crippen molar-refractivity contribution in [1.29, 1.82) is 0 Å². The number of hydrogen-bond acceptors (Lipinski definition) is 4. The van der Waals surface area contributed by atoms with E-state index < -0.39 is 5.97 Å². The number of hydrogen-bond donors (Lipinski definition) is 2. The van der Waals surface area contributed by atoms with Gasteiger partial charge in [0, 0.05) is 11.6 Å². The van der Waals surface area contributed by atoms with E-state index in [4.69, 9.17) is 9.84 Å². The van der Waals surface area contributed by atoms with Crippen LogP contribution in [0, 0.1) is 0 Å². The number of aliphatic carboxylic acids is 1. The Labute approximate surface area is 153 Å². The number of carboxylic acid groups (broad SMARTS) is 1. The average Bonchev–Trinajstić information content (AvgIpc) is 2.65. The molecule has 2 aromatic carbocycles. The fourth-order valence-electron chi connectivity index (χ4n) is 2.67. The van der Waals surface area contributed by atoms with E-state index >= 15 is 0 Å². The number of methoxy groups -OCH3 is 1. The van der Waals surface area contributed by atoms with Crippen LogP contribution in [0.3, 0.4) is 0 Å². The van der Waals surface area contributed by atoms with Crippen LogP contribution in [0.25, 0.3) is 11.1 Å². The highest BCUT2D eigenvalue weighted by Gasteiger charge is 2.15. The number of carboxylic acids is 1. The molecule has 1 atom stereocenters. The SMILES string of the molecule is COc1ccccc1-c1ccc(C(C)N(C)CC(=O)NCC(=O)O)cc1. The zero-order valence-corrected chi connectivity index (χ0v) is 15.2. The number of nitrogens with one attached hydrogen (secondary N) is 1. The van der Waals surface area contributed by atoms with Gasteiger partial charge in [-0.1, -0.05) is 42.5 Å². The summed E-state index contributed by atoms with van der Waals surface area (Å²) in [5.74, 6) is -0.547. The van der Waals surface area contributed by atoms with Crippen LogP contribution in [0.4, 0.5) is 0 Å². The summed E-state index contributed by atoms with van der Waals surface area (Å²) < 4.78 is 5.40. The molecule has 0 aromatic heterocycles. The Balaban J connectivity index is 2.05. The van der Waals surface area contributed by atoms with Crippen LogP contribution in [0.15, 0.2) is 48.5 Å². The van der Waals surface area contributed by atoms with Crippen LogP contribution in [-0.4, -0.2) is 49.1 Å². The van der Waals surface area contributed by atoms with Crippen molar-refractivity contribution in [2.45, 2.75) is 13.0 Å². The molecule has 0 aliphatic carbocycles.